The number of tetrazole rings is 1. The monoisotopic (exact) mass is 700 g/mol. The molecule has 1 N–H and O–H groups in total. The highest BCUT2D eigenvalue weighted by Crippen LogP contribution is 2.32. The number of carboxylic acids is 1. The Kier molecular flexibility index (Phi) is 10.2. The number of nitrogens with zero attached hydrogens (tertiary/aromatic N) is 6. The lowest BCUT2D eigenvalue weighted by atomic mass is 9.98. The van der Waals surface area contributed by atoms with Gasteiger partial charge in [-0.1, -0.05) is 91.3 Å². The topological polar surface area (TPSA) is 143 Å². The van der Waals surface area contributed by atoms with Gasteiger partial charge in [-0.05, 0) is 84.3 Å². The molecular formula is C40H40N6O6. The number of benzene rings is 4. The number of ether oxygens (including phenoxy) is 3. The molecule has 0 saturated heterocycles. The summed E-state index contributed by atoms with van der Waals surface area (Å²) in [6, 6.07) is 31.2. The first-order chi connectivity index (χ1) is 25.3. The maximum atomic E-state index is 12.6. The van der Waals surface area contributed by atoms with Crippen LogP contribution in [-0.2, 0) is 22.6 Å². The first-order valence-electron chi connectivity index (χ1n) is 17.6. The molecule has 1 aliphatic rings. The van der Waals surface area contributed by atoms with E-state index in [0.29, 0.717) is 23.4 Å². The molecule has 4 aromatic carbocycles. The fraction of sp³-hybridized carbons (Fsp3) is 0.300. The van der Waals surface area contributed by atoms with Gasteiger partial charge in [0.15, 0.2) is 5.82 Å². The van der Waals surface area contributed by atoms with Gasteiger partial charge in [-0.2, -0.15) is 4.98 Å². The molecule has 2 aromatic heterocycles. The number of carbonyl (C=O) groups excluding carboxylic acids is 1. The number of hydrogen-bond acceptors (Lipinski definition) is 9. The third-order valence-electron chi connectivity index (χ3n) is 9.49. The van der Waals surface area contributed by atoms with Gasteiger partial charge in [-0.3, -0.25) is 4.57 Å². The molecule has 52 heavy (non-hydrogen) atoms. The van der Waals surface area contributed by atoms with Crippen molar-refractivity contribution in [2.75, 3.05) is 0 Å². The Labute approximate surface area is 301 Å². The first-order valence-corrected chi connectivity index (χ1v) is 17.6. The maximum absolute atomic E-state index is 12.6. The maximum Gasteiger partial charge on any atom is 0.508 e. The van der Waals surface area contributed by atoms with E-state index in [-0.39, 0.29) is 24.2 Å². The van der Waals surface area contributed by atoms with E-state index < -0.39 is 24.3 Å². The van der Waals surface area contributed by atoms with Gasteiger partial charge in [0.1, 0.15) is 18.3 Å². The number of hydrogen-bond donors (Lipinski definition) is 1. The minimum atomic E-state index is -1.07. The number of aromatic nitrogens is 6. The van der Waals surface area contributed by atoms with Crippen molar-refractivity contribution in [2.45, 2.75) is 77.4 Å². The average molecular weight is 701 g/mol. The van der Waals surface area contributed by atoms with Gasteiger partial charge in [0.05, 0.1) is 29.7 Å². The van der Waals surface area contributed by atoms with E-state index >= 15 is 0 Å². The van der Waals surface area contributed by atoms with E-state index in [9.17, 15) is 14.7 Å². The van der Waals surface area contributed by atoms with Gasteiger partial charge in [0.25, 0.3) is 6.01 Å². The predicted octanol–water partition coefficient (Wildman–Crippen LogP) is 7.79. The average Bonchev–Trinajstić information content (AvgIpc) is 3.76. The van der Waals surface area contributed by atoms with Crippen LogP contribution in [-0.4, -0.2) is 65.3 Å². The highest BCUT2D eigenvalue weighted by Gasteiger charge is 2.26. The lowest BCUT2D eigenvalue weighted by Crippen LogP contribution is -2.33. The number of fused-ring (bicyclic) bond motifs is 1. The van der Waals surface area contributed by atoms with Crippen LogP contribution >= 0.6 is 0 Å². The summed E-state index contributed by atoms with van der Waals surface area (Å²) in [5.74, 6) is -0.416. The molecule has 0 amide bonds. The molecule has 1 fully saturated rings. The van der Waals surface area contributed by atoms with Crippen LogP contribution < -0.4 is 4.74 Å². The predicted molar refractivity (Wildman–Crippen MR) is 194 cm³/mol. The number of imidazole rings is 1. The molecule has 266 valence electrons. The van der Waals surface area contributed by atoms with Gasteiger partial charge in [0, 0.05) is 5.56 Å². The van der Waals surface area contributed by atoms with Crippen molar-refractivity contribution in [3.8, 4) is 28.5 Å². The largest absolute Gasteiger partial charge is 0.508 e. The molecule has 6 aromatic rings. The van der Waals surface area contributed by atoms with Crippen LogP contribution in [0.25, 0.3) is 33.5 Å². The highest BCUT2D eigenvalue weighted by molar-refractivity contribution is 6.01. The molecule has 1 aliphatic carbocycles. The standard InChI is InChI=1S/C40H40N6O6/c1-26(27(2)51-40(49)52-31-14-7-4-8-15-31)50-39-41-35-19-11-18-34(38(47)48)36(35)45(39)24-29-20-22-30(23-21-29)32-16-9-10-17-33(32)37-42-43-44-46(37)25-28-12-5-3-6-13-28/h3,5-6,9-13,16-23,26-27,31H,4,7-8,14-15,24-25H2,1-2H3,(H,47,48). The lowest BCUT2D eigenvalue weighted by Gasteiger charge is -2.25. The second-order valence-corrected chi connectivity index (χ2v) is 13.1. The second-order valence-electron chi connectivity index (χ2n) is 13.1. The number of aromatic carboxylic acids is 1. The zero-order valence-corrected chi connectivity index (χ0v) is 29.1. The van der Waals surface area contributed by atoms with E-state index in [1.54, 1.807) is 41.3 Å². The van der Waals surface area contributed by atoms with Gasteiger partial charge in [0.2, 0.25) is 0 Å². The Morgan fingerprint density at radius 3 is 2.27 bits per heavy atom. The molecular weight excluding hydrogens is 660 g/mol. The van der Waals surface area contributed by atoms with Crippen LogP contribution in [0.3, 0.4) is 0 Å². The molecule has 0 spiro atoms. The van der Waals surface area contributed by atoms with E-state index in [1.165, 1.54) is 0 Å². The quantitative estimate of drug-likeness (QED) is 0.126. The first kappa shape index (κ1) is 34.4. The minimum Gasteiger partial charge on any atom is -0.478 e. The summed E-state index contributed by atoms with van der Waals surface area (Å²) in [7, 11) is 0. The Bertz CT molecular complexity index is 2160. The Morgan fingerprint density at radius 2 is 1.52 bits per heavy atom. The third kappa shape index (κ3) is 7.65. The van der Waals surface area contributed by atoms with Crippen LogP contribution in [0.15, 0.2) is 97.1 Å². The fourth-order valence-electron chi connectivity index (χ4n) is 6.59. The van der Waals surface area contributed by atoms with Gasteiger partial charge in [-0.25, -0.2) is 14.3 Å². The molecule has 1 saturated carbocycles. The summed E-state index contributed by atoms with van der Waals surface area (Å²) >= 11 is 0. The summed E-state index contributed by atoms with van der Waals surface area (Å²) in [6.45, 7) is 4.33. The normalized spacial score (nSPS) is 14.5. The van der Waals surface area contributed by atoms with E-state index in [0.717, 1.165) is 59.9 Å². The Hall–Kier alpha value is -6.04. The van der Waals surface area contributed by atoms with E-state index in [2.05, 4.69) is 20.5 Å². The molecule has 12 heteroatoms. The smallest absolute Gasteiger partial charge is 0.478 e. The summed E-state index contributed by atoms with van der Waals surface area (Å²) in [4.78, 5) is 29.6. The second kappa shape index (κ2) is 15.5. The summed E-state index contributed by atoms with van der Waals surface area (Å²) in [5, 5.41) is 22.7. The van der Waals surface area contributed by atoms with Crippen molar-refractivity contribution in [2.24, 2.45) is 0 Å². The van der Waals surface area contributed by atoms with E-state index in [4.69, 9.17) is 14.2 Å². The number of carbonyl (C=O) groups is 2. The summed E-state index contributed by atoms with van der Waals surface area (Å²) in [6.07, 6.45) is 2.80. The molecule has 0 aliphatic heterocycles. The lowest BCUT2D eigenvalue weighted by molar-refractivity contribution is -0.0345. The Morgan fingerprint density at radius 1 is 0.808 bits per heavy atom. The molecule has 0 bridgehead atoms. The van der Waals surface area contributed by atoms with Crippen LogP contribution in [0.4, 0.5) is 4.79 Å². The summed E-state index contributed by atoms with van der Waals surface area (Å²) < 4.78 is 21.0. The third-order valence-corrected chi connectivity index (χ3v) is 9.49. The van der Waals surface area contributed by atoms with Gasteiger partial charge >= 0.3 is 12.1 Å². The van der Waals surface area contributed by atoms with Crippen molar-refractivity contribution >= 4 is 23.2 Å². The number of rotatable bonds is 12. The van der Waals surface area contributed by atoms with Crippen molar-refractivity contribution in [3.63, 3.8) is 0 Å². The molecule has 12 nitrogen and oxygen atoms in total. The molecule has 2 heterocycles. The molecule has 0 radical (unpaired) electrons. The summed E-state index contributed by atoms with van der Waals surface area (Å²) in [5.41, 5.74) is 5.83. The zero-order valence-electron chi connectivity index (χ0n) is 29.1. The van der Waals surface area contributed by atoms with Crippen LogP contribution in [0.5, 0.6) is 6.01 Å². The number of carboxylic acid groups (broad SMARTS) is 1. The van der Waals surface area contributed by atoms with Gasteiger partial charge in [-0.15, -0.1) is 5.10 Å². The van der Waals surface area contributed by atoms with Crippen LogP contribution in [0.2, 0.25) is 0 Å². The molecule has 2 atom stereocenters. The van der Waals surface area contributed by atoms with E-state index in [1.807, 2.05) is 78.9 Å². The fourth-order valence-corrected chi connectivity index (χ4v) is 6.59. The van der Waals surface area contributed by atoms with Crippen molar-refractivity contribution < 1.29 is 28.9 Å². The van der Waals surface area contributed by atoms with Crippen LogP contribution in [0, 0.1) is 0 Å². The molecule has 2 unspecified atom stereocenters. The Balaban J connectivity index is 1.13. The number of para-hydroxylation sites is 1. The molecule has 7 rings (SSSR count). The highest BCUT2D eigenvalue weighted by atomic mass is 16.7. The minimum absolute atomic E-state index is 0.103. The van der Waals surface area contributed by atoms with Crippen LogP contribution in [0.1, 0.15) is 67.4 Å². The van der Waals surface area contributed by atoms with Crippen molar-refractivity contribution in [1.82, 2.24) is 29.8 Å². The van der Waals surface area contributed by atoms with Crippen molar-refractivity contribution in [3.05, 3.63) is 114 Å². The SMILES string of the molecule is CC(OC(=O)OC1CCCCC1)C(C)Oc1nc2cccc(C(=O)O)c2n1Cc1ccc(-c2ccccc2-c2nnnn2Cc2ccccc2)cc1. The van der Waals surface area contributed by atoms with Gasteiger partial charge < -0.3 is 19.3 Å². The van der Waals surface area contributed by atoms with Crippen molar-refractivity contribution in [1.29, 1.82) is 0 Å². The zero-order chi connectivity index (χ0) is 36.0.